The monoisotopic (exact) mass is 350 g/mol. The summed E-state index contributed by atoms with van der Waals surface area (Å²) < 4.78 is 24.1. The van der Waals surface area contributed by atoms with Crippen molar-refractivity contribution in [2.24, 2.45) is 5.92 Å². The summed E-state index contributed by atoms with van der Waals surface area (Å²) in [6.45, 7) is 0.608. The van der Waals surface area contributed by atoms with Gasteiger partial charge in [0.05, 0.1) is 17.5 Å². The Morgan fingerprint density at radius 1 is 1.00 bits per heavy atom. The topological polar surface area (TPSA) is 75.3 Å². The van der Waals surface area contributed by atoms with E-state index in [-0.39, 0.29) is 35.4 Å². The number of benzene rings is 1. The Morgan fingerprint density at radius 3 is 2.38 bits per heavy atom. The van der Waals surface area contributed by atoms with Crippen LogP contribution in [0.3, 0.4) is 0 Å². The van der Waals surface area contributed by atoms with Gasteiger partial charge in [-0.15, -0.1) is 0 Å². The largest absolute Gasteiger partial charge is 0.350 e. The zero-order valence-corrected chi connectivity index (χ0v) is 14.7. The summed E-state index contributed by atoms with van der Waals surface area (Å²) in [5, 5.41) is 6.33. The van der Waals surface area contributed by atoms with Gasteiger partial charge in [-0.25, -0.2) is 8.42 Å². The van der Waals surface area contributed by atoms with E-state index in [9.17, 15) is 13.2 Å². The van der Waals surface area contributed by atoms with Gasteiger partial charge in [0, 0.05) is 18.5 Å². The highest BCUT2D eigenvalue weighted by atomic mass is 32.2. The third kappa shape index (κ3) is 4.57. The second-order valence-corrected chi connectivity index (χ2v) is 9.15. The molecule has 5 nitrogen and oxygen atoms in total. The van der Waals surface area contributed by atoms with E-state index in [2.05, 4.69) is 10.6 Å². The lowest BCUT2D eigenvalue weighted by atomic mass is 9.88. The normalized spacial score (nSPS) is 27.0. The number of rotatable bonds is 5. The molecule has 0 radical (unpaired) electrons. The number of carbonyl (C=O) groups excluding carboxylic acids is 1. The van der Waals surface area contributed by atoms with Crippen LogP contribution >= 0.6 is 0 Å². The lowest BCUT2D eigenvalue weighted by Gasteiger charge is -2.25. The summed E-state index contributed by atoms with van der Waals surface area (Å²) >= 11 is 0. The van der Waals surface area contributed by atoms with Crippen molar-refractivity contribution in [3.63, 3.8) is 0 Å². The molecule has 1 aliphatic carbocycles. The molecule has 1 aromatic rings. The standard InChI is InChI=1S/C18H26N2O3S/c21-18(15-9-5-2-6-10-15)20-17-13-24(22,23)12-16(17)19-11-14-7-3-1-4-8-14/h1,3-4,7-8,15-17,19H,2,5-6,9-13H2,(H,20,21)/t16-,17-/m1/s1. The predicted molar refractivity (Wildman–Crippen MR) is 94.2 cm³/mol. The van der Waals surface area contributed by atoms with E-state index >= 15 is 0 Å². The second kappa shape index (κ2) is 7.66. The van der Waals surface area contributed by atoms with E-state index in [0.29, 0.717) is 6.54 Å². The molecule has 132 valence electrons. The molecule has 2 aliphatic rings. The van der Waals surface area contributed by atoms with E-state index in [1.54, 1.807) is 0 Å². The lowest BCUT2D eigenvalue weighted by molar-refractivity contribution is -0.126. The van der Waals surface area contributed by atoms with E-state index in [0.717, 1.165) is 31.2 Å². The molecule has 0 spiro atoms. The summed E-state index contributed by atoms with van der Waals surface area (Å²) in [7, 11) is -3.10. The zero-order valence-electron chi connectivity index (χ0n) is 13.9. The maximum absolute atomic E-state index is 12.5. The number of hydrogen-bond donors (Lipinski definition) is 2. The quantitative estimate of drug-likeness (QED) is 0.846. The smallest absolute Gasteiger partial charge is 0.223 e. The first kappa shape index (κ1) is 17.4. The molecule has 24 heavy (non-hydrogen) atoms. The first-order valence-electron chi connectivity index (χ1n) is 8.81. The first-order valence-corrected chi connectivity index (χ1v) is 10.6. The van der Waals surface area contributed by atoms with Crippen molar-refractivity contribution in [3.8, 4) is 0 Å². The van der Waals surface area contributed by atoms with Crippen LogP contribution in [0.1, 0.15) is 37.7 Å². The Kier molecular flexibility index (Phi) is 5.56. The lowest BCUT2D eigenvalue weighted by Crippen LogP contribution is -2.50. The maximum atomic E-state index is 12.5. The van der Waals surface area contributed by atoms with E-state index < -0.39 is 9.84 Å². The molecule has 6 heteroatoms. The number of amides is 1. The predicted octanol–water partition coefficient (Wildman–Crippen LogP) is 1.64. The zero-order chi connectivity index (χ0) is 17.0. The minimum Gasteiger partial charge on any atom is -0.350 e. The van der Waals surface area contributed by atoms with Crippen molar-refractivity contribution in [2.75, 3.05) is 11.5 Å². The van der Waals surface area contributed by atoms with Crippen LogP contribution in [0.25, 0.3) is 0 Å². The van der Waals surface area contributed by atoms with Crippen molar-refractivity contribution in [1.29, 1.82) is 0 Å². The van der Waals surface area contributed by atoms with Crippen molar-refractivity contribution in [2.45, 2.75) is 50.7 Å². The minimum absolute atomic E-state index is 0.0308. The Labute approximate surface area is 144 Å². The molecule has 1 saturated carbocycles. The Bertz CT molecular complexity index is 654. The molecule has 0 bridgehead atoms. The van der Waals surface area contributed by atoms with Crippen LogP contribution in [0, 0.1) is 5.92 Å². The Morgan fingerprint density at radius 2 is 1.67 bits per heavy atom. The molecule has 1 saturated heterocycles. The maximum Gasteiger partial charge on any atom is 0.223 e. The first-order chi connectivity index (χ1) is 11.5. The van der Waals surface area contributed by atoms with Gasteiger partial charge in [-0.2, -0.15) is 0 Å². The van der Waals surface area contributed by atoms with Crippen LogP contribution < -0.4 is 10.6 Å². The summed E-state index contributed by atoms with van der Waals surface area (Å²) in [6.07, 6.45) is 5.23. The van der Waals surface area contributed by atoms with Gasteiger partial charge in [0.1, 0.15) is 0 Å². The molecule has 0 aromatic heterocycles. The van der Waals surface area contributed by atoms with Gasteiger partial charge < -0.3 is 10.6 Å². The fraction of sp³-hybridized carbons (Fsp3) is 0.611. The van der Waals surface area contributed by atoms with Crippen molar-refractivity contribution >= 4 is 15.7 Å². The molecule has 2 N–H and O–H groups in total. The van der Waals surface area contributed by atoms with Crippen molar-refractivity contribution < 1.29 is 13.2 Å². The Hall–Kier alpha value is -1.40. The number of hydrogen-bond acceptors (Lipinski definition) is 4. The average molecular weight is 350 g/mol. The second-order valence-electron chi connectivity index (χ2n) is 7.00. The number of nitrogens with one attached hydrogen (secondary N) is 2. The SMILES string of the molecule is O=C(N[C@@H]1CS(=O)(=O)C[C@H]1NCc1ccccc1)C1CCCCC1. The highest BCUT2D eigenvalue weighted by Gasteiger charge is 2.39. The van der Waals surface area contributed by atoms with Gasteiger partial charge in [0.15, 0.2) is 9.84 Å². The molecule has 1 aromatic carbocycles. The van der Waals surface area contributed by atoms with Gasteiger partial charge >= 0.3 is 0 Å². The van der Waals surface area contributed by atoms with Gasteiger partial charge in [-0.1, -0.05) is 49.6 Å². The third-order valence-electron chi connectivity index (χ3n) is 5.07. The van der Waals surface area contributed by atoms with Crippen LogP contribution in [0.5, 0.6) is 0 Å². The van der Waals surface area contributed by atoms with E-state index in [1.807, 2.05) is 30.3 Å². The molecule has 2 atom stereocenters. The van der Waals surface area contributed by atoms with Crippen molar-refractivity contribution in [1.82, 2.24) is 10.6 Å². The summed E-state index contributed by atoms with van der Waals surface area (Å²) in [4.78, 5) is 12.5. The highest BCUT2D eigenvalue weighted by molar-refractivity contribution is 7.91. The van der Waals surface area contributed by atoms with Crippen LogP contribution in [0.2, 0.25) is 0 Å². The molecule has 1 aliphatic heterocycles. The van der Waals surface area contributed by atoms with Crippen LogP contribution in [0.15, 0.2) is 30.3 Å². The van der Waals surface area contributed by atoms with Gasteiger partial charge in [-0.05, 0) is 18.4 Å². The highest BCUT2D eigenvalue weighted by Crippen LogP contribution is 2.24. The van der Waals surface area contributed by atoms with Crippen LogP contribution in [-0.2, 0) is 21.2 Å². The molecule has 2 fully saturated rings. The van der Waals surface area contributed by atoms with Crippen LogP contribution in [0.4, 0.5) is 0 Å². The van der Waals surface area contributed by atoms with Crippen molar-refractivity contribution in [3.05, 3.63) is 35.9 Å². The number of sulfone groups is 1. The molecule has 0 unspecified atom stereocenters. The molecule has 1 heterocycles. The van der Waals surface area contributed by atoms with E-state index in [1.165, 1.54) is 6.42 Å². The molecule has 3 rings (SSSR count). The molecular formula is C18H26N2O3S. The minimum atomic E-state index is -3.10. The summed E-state index contributed by atoms with van der Waals surface area (Å²) in [5.41, 5.74) is 1.11. The summed E-state index contributed by atoms with van der Waals surface area (Å²) in [5.74, 6) is 0.216. The Balaban J connectivity index is 1.60. The van der Waals surface area contributed by atoms with Gasteiger partial charge in [-0.3, -0.25) is 4.79 Å². The van der Waals surface area contributed by atoms with Gasteiger partial charge in [0.25, 0.3) is 0 Å². The fourth-order valence-corrected chi connectivity index (χ4v) is 5.60. The third-order valence-corrected chi connectivity index (χ3v) is 6.80. The summed E-state index contributed by atoms with van der Waals surface area (Å²) in [6, 6.07) is 9.35. The molecule has 1 amide bonds. The van der Waals surface area contributed by atoms with Crippen LogP contribution in [-0.4, -0.2) is 37.9 Å². The fourth-order valence-electron chi connectivity index (χ4n) is 3.70. The van der Waals surface area contributed by atoms with E-state index in [4.69, 9.17) is 0 Å². The average Bonchev–Trinajstić information content (AvgIpc) is 2.88. The molecular weight excluding hydrogens is 324 g/mol. The van der Waals surface area contributed by atoms with Gasteiger partial charge in [0.2, 0.25) is 5.91 Å². The number of carbonyl (C=O) groups is 1.